The first-order valence-electron chi connectivity index (χ1n) is 5.16. The number of benzene rings is 1. The van der Waals surface area contributed by atoms with Gasteiger partial charge in [-0.25, -0.2) is 4.79 Å². The Bertz CT molecular complexity index is 646. The number of nitrogens with two attached hydrogens (primary N) is 1. The molecule has 6 nitrogen and oxygen atoms in total. The van der Waals surface area contributed by atoms with Crippen molar-refractivity contribution in [2.75, 3.05) is 7.11 Å². The van der Waals surface area contributed by atoms with Crippen LogP contribution in [0.5, 0.6) is 0 Å². The monoisotopic (exact) mass is 314 g/mol. The first-order chi connectivity index (χ1) is 8.51. The third kappa shape index (κ3) is 2.46. The molecule has 1 aromatic carbocycles. The van der Waals surface area contributed by atoms with Crippen LogP contribution in [0, 0.1) is 0 Å². The number of hydrogen-bond donors (Lipinski definition) is 2. The zero-order valence-corrected chi connectivity index (χ0v) is 11.1. The largest absolute Gasteiger partial charge is 0.468 e. The molecule has 0 saturated heterocycles. The summed E-state index contributed by atoms with van der Waals surface area (Å²) in [5.74, 6) is -1.01. The number of H-pyrrole nitrogens is 1. The molecule has 18 heavy (non-hydrogen) atoms. The van der Waals surface area contributed by atoms with Crippen LogP contribution < -0.4 is 11.5 Å². The Morgan fingerprint density at radius 3 is 3.00 bits per heavy atom. The molecule has 0 aliphatic heterocycles. The normalized spacial score (nSPS) is 12.6. The van der Waals surface area contributed by atoms with Crippen LogP contribution in [0.3, 0.4) is 0 Å². The second kappa shape index (κ2) is 4.95. The van der Waals surface area contributed by atoms with E-state index in [2.05, 4.69) is 25.7 Å². The van der Waals surface area contributed by atoms with E-state index in [1.165, 1.54) is 7.11 Å². The number of ether oxygens (including phenoxy) is 1. The number of hydrogen-bond acceptors (Lipinski definition) is 5. The Morgan fingerprint density at radius 2 is 2.33 bits per heavy atom. The summed E-state index contributed by atoms with van der Waals surface area (Å²) >= 11 is 3.32. The molecule has 0 bridgehead atoms. The molecule has 0 aliphatic rings. The first kappa shape index (κ1) is 12.8. The van der Waals surface area contributed by atoms with Gasteiger partial charge in [-0.3, -0.25) is 9.78 Å². The van der Waals surface area contributed by atoms with Gasteiger partial charge in [0.05, 0.1) is 7.11 Å². The Kier molecular flexibility index (Phi) is 3.53. The lowest BCUT2D eigenvalue weighted by molar-refractivity contribution is -0.142. The van der Waals surface area contributed by atoms with Crippen molar-refractivity contribution in [2.24, 2.45) is 5.73 Å². The van der Waals surface area contributed by atoms with Gasteiger partial charge in [0.1, 0.15) is 11.6 Å². The van der Waals surface area contributed by atoms with E-state index in [0.29, 0.717) is 22.0 Å². The molecule has 1 heterocycles. The molecule has 1 atom stereocenters. The maximum Gasteiger partial charge on any atom is 0.417 e. The SMILES string of the molecule is COC(=O)[C@H](N)Cc1cc(Br)c2[nH]c(=O)oc2c1. The molecule has 96 valence electrons. The van der Waals surface area contributed by atoms with Gasteiger partial charge in [0.25, 0.3) is 0 Å². The highest BCUT2D eigenvalue weighted by molar-refractivity contribution is 9.10. The quantitative estimate of drug-likeness (QED) is 0.821. The van der Waals surface area contributed by atoms with Crippen LogP contribution in [0.1, 0.15) is 5.56 Å². The molecular weight excluding hydrogens is 304 g/mol. The van der Waals surface area contributed by atoms with Gasteiger partial charge in [0.2, 0.25) is 0 Å². The van der Waals surface area contributed by atoms with Crippen molar-refractivity contribution in [3.63, 3.8) is 0 Å². The van der Waals surface area contributed by atoms with Gasteiger partial charge in [-0.2, -0.15) is 0 Å². The van der Waals surface area contributed by atoms with E-state index in [4.69, 9.17) is 10.2 Å². The van der Waals surface area contributed by atoms with Gasteiger partial charge < -0.3 is 14.9 Å². The lowest BCUT2D eigenvalue weighted by Gasteiger charge is -2.09. The standard InChI is InChI=1S/C11H11BrN2O4/c1-17-10(15)7(13)3-5-2-6(12)9-8(4-5)18-11(16)14-9/h2,4,7H,3,13H2,1H3,(H,14,16)/t7-/m1/s1. The minimum absolute atomic E-state index is 0.302. The van der Waals surface area contributed by atoms with Crippen molar-refractivity contribution in [1.82, 2.24) is 4.98 Å². The summed E-state index contributed by atoms with van der Waals surface area (Å²) in [4.78, 5) is 24.9. The van der Waals surface area contributed by atoms with Crippen LogP contribution in [-0.2, 0) is 16.0 Å². The minimum Gasteiger partial charge on any atom is -0.468 e. The Labute approximate surface area is 110 Å². The predicted molar refractivity (Wildman–Crippen MR) is 68.2 cm³/mol. The van der Waals surface area contributed by atoms with Gasteiger partial charge in [0.15, 0.2) is 5.58 Å². The van der Waals surface area contributed by atoms with E-state index in [-0.39, 0.29) is 0 Å². The molecule has 0 spiro atoms. The van der Waals surface area contributed by atoms with Crippen molar-refractivity contribution >= 4 is 33.0 Å². The summed E-state index contributed by atoms with van der Waals surface area (Å²) in [6.07, 6.45) is 0.302. The fourth-order valence-corrected chi connectivity index (χ4v) is 2.26. The van der Waals surface area contributed by atoms with Crippen LogP contribution in [0.4, 0.5) is 0 Å². The number of methoxy groups -OCH3 is 1. The summed E-state index contributed by atoms with van der Waals surface area (Å²) in [6.45, 7) is 0. The average molecular weight is 315 g/mol. The highest BCUT2D eigenvalue weighted by Gasteiger charge is 2.16. The summed E-state index contributed by atoms with van der Waals surface area (Å²) in [7, 11) is 1.28. The van der Waals surface area contributed by atoms with E-state index in [9.17, 15) is 9.59 Å². The topological polar surface area (TPSA) is 98.3 Å². The zero-order chi connectivity index (χ0) is 13.3. The third-order valence-electron chi connectivity index (χ3n) is 2.50. The highest BCUT2D eigenvalue weighted by atomic mass is 79.9. The van der Waals surface area contributed by atoms with Crippen molar-refractivity contribution in [3.8, 4) is 0 Å². The van der Waals surface area contributed by atoms with Gasteiger partial charge >= 0.3 is 11.7 Å². The molecule has 0 saturated carbocycles. The number of rotatable bonds is 3. The number of oxazole rings is 1. The number of carbonyl (C=O) groups is 1. The average Bonchev–Trinajstić information content (AvgIpc) is 2.69. The Hall–Kier alpha value is -1.60. The van der Waals surface area contributed by atoms with E-state index < -0.39 is 17.8 Å². The smallest absolute Gasteiger partial charge is 0.417 e. The van der Waals surface area contributed by atoms with Crippen molar-refractivity contribution in [3.05, 3.63) is 32.7 Å². The van der Waals surface area contributed by atoms with E-state index >= 15 is 0 Å². The van der Waals surface area contributed by atoms with Gasteiger partial charge in [-0.1, -0.05) is 0 Å². The molecule has 0 fully saturated rings. The number of carbonyl (C=O) groups excluding carboxylic acids is 1. The lowest BCUT2D eigenvalue weighted by Crippen LogP contribution is -2.33. The third-order valence-corrected chi connectivity index (χ3v) is 3.13. The summed E-state index contributed by atoms with van der Waals surface area (Å²) in [6, 6.07) is 2.70. The molecule has 7 heteroatoms. The van der Waals surface area contributed by atoms with Crippen LogP contribution in [0.15, 0.2) is 25.8 Å². The highest BCUT2D eigenvalue weighted by Crippen LogP contribution is 2.24. The van der Waals surface area contributed by atoms with Gasteiger partial charge in [-0.15, -0.1) is 0 Å². The molecule has 2 aromatic rings. The van der Waals surface area contributed by atoms with Crippen LogP contribution in [0.2, 0.25) is 0 Å². The summed E-state index contributed by atoms with van der Waals surface area (Å²) in [5.41, 5.74) is 7.44. The Balaban J connectivity index is 2.35. The predicted octanol–water partition coefficient (Wildman–Crippen LogP) is 0.926. The van der Waals surface area contributed by atoms with E-state index in [0.717, 1.165) is 5.56 Å². The van der Waals surface area contributed by atoms with Crippen LogP contribution >= 0.6 is 15.9 Å². The molecular formula is C11H11BrN2O4. The zero-order valence-electron chi connectivity index (χ0n) is 9.53. The maximum atomic E-state index is 11.2. The number of aromatic nitrogens is 1. The first-order valence-corrected chi connectivity index (χ1v) is 5.95. The molecule has 0 radical (unpaired) electrons. The van der Waals surface area contributed by atoms with Crippen molar-refractivity contribution < 1.29 is 13.9 Å². The van der Waals surface area contributed by atoms with Crippen LogP contribution in [-0.4, -0.2) is 24.1 Å². The minimum atomic E-state index is -0.745. The summed E-state index contributed by atoms with van der Waals surface area (Å²) < 4.78 is 10.2. The van der Waals surface area contributed by atoms with E-state index in [1.807, 2.05) is 0 Å². The number of esters is 1. The Morgan fingerprint density at radius 1 is 1.61 bits per heavy atom. The fraction of sp³-hybridized carbons (Fsp3) is 0.273. The van der Waals surface area contributed by atoms with Crippen LogP contribution in [0.25, 0.3) is 11.1 Å². The number of fused-ring (bicyclic) bond motifs is 1. The second-order valence-electron chi connectivity index (χ2n) is 3.80. The second-order valence-corrected chi connectivity index (χ2v) is 4.65. The van der Waals surface area contributed by atoms with Crippen molar-refractivity contribution in [2.45, 2.75) is 12.5 Å². The van der Waals surface area contributed by atoms with Gasteiger partial charge in [-0.05, 0) is 40.0 Å². The lowest BCUT2D eigenvalue weighted by atomic mass is 10.1. The maximum absolute atomic E-state index is 11.2. The fourth-order valence-electron chi connectivity index (χ4n) is 1.67. The van der Waals surface area contributed by atoms with Crippen molar-refractivity contribution in [1.29, 1.82) is 0 Å². The molecule has 0 amide bonds. The molecule has 0 unspecified atom stereocenters. The molecule has 2 rings (SSSR count). The number of nitrogens with one attached hydrogen (secondary N) is 1. The summed E-state index contributed by atoms with van der Waals surface area (Å²) in [5, 5.41) is 0. The molecule has 3 N–H and O–H groups in total. The number of halogens is 1. The number of aromatic amines is 1. The van der Waals surface area contributed by atoms with Gasteiger partial charge in [0, 0.05) is 4.47 Å². The molecule has 1 aromatic heterocycles. The molecule has 0 aliphatic carbocycles. The van der Waals surface area contributed by atoms with E-state index in [1.54, 1.807) is 12.1 Å².